The number of nitrogens with zero attached hydrogens (tertiary/aromatic N) is 3. The SMILES string of the molecule is COC[C@@H]1C[C@@H](N2Cc3c(C#N)cc(-c4cccc(C#N)c4)cc3C2=O)CN1.O=C(O)C(F)(F)F. The highest BCUT2D eigenvalue weighted by atomic mass is 19.4. The maximum absolute atomic E-state index is 13.1. The summed E-state index contributed by atoms with van der Waals surface area (Å²) in [4.78, 5) is 23.9. The van der Waals surface area contributed by atoms with E-state index in [1.807, 2.05) is 23.1 Å². The average molecular weight is 486 g/mol. The van der Waals surface area contributed by atoms with Gasteiger partial charge in [-0.2, -0.15) is 23.7 Å². The molecule has 0 unspecified atom stereocenters. The van der Waals surface area contributed by atoms with Crippen LogP contribution in [-0.2, 0) is 16.1 Å². The Morgan fingerprint density at radius 1 is 1.23 bits per heavy atom. The van der Waals surface area contributed by atoms with Crippen molar-refractivity contribution in [1.82, 2.24) is 10.2 Å². The second kappa shape index (κ2) is 10.6. The topological polar surface area (TPSA) is 126 Å². The van der Waals surface area contributed by atoms with E-state index in [0.29, 0.717) is 29.8 Å². The number of fused-ring (bicyclic) bond motifs is 1. The predicted molar refractivity (Wildman–Crippen MR) is 117 cm³/mol. The first-order valence-corrected chi connectivity index (χ1v) is 10.5. The lowest BCUT2D eigenvalue weighted by Crippen LogP contribution is -2.36. The maximum atomic E-state index is 13.1. The molecule has 1 saturated heterocycles. The third-order valence-corrected chi connectivity index (χ3v) is 5.76. The van der Waals surface area contributed by atoms with E-state index < -0.39 is 12.1 Å². The minimum absolute atomic E-state index is 0.0327. The van der Waals surface area contributed by atoms with E-state index in [1.54, 1.807) is 25.3 Å². The third kappa shape index (κ3) is 5.77. The number of amides is 1. The van der Waals surface area contributed by atoms with Crippen LogP contribution in [0.25, 0.3) is 11.1 Å². The fraction of sp³-hybridized carbons (Fsp3) is 0.333. The van der Waals surface area contributed by atoms with Crippen LogP contribution >= 0.6 is 0 Å². The summed E-state index contributed by atoms with van der Waals surface area (Å²) >= 11 is 0. The number of carbonyl (C=O) groups is 2. The molecule has 0 aliphatic carbocycles. The Hall–Kier alpha value is -3.93. The number of ether oxygens (including phenoxy) is 1. The van der Waals surface area contributed by atoms with Crippen LogP contribution in [-0.4, -0.2) is 60.4 Å². The first-order chi connectivity index (χ1) is 16.6. The standard InChI is InChI=1S/C22H20N4O2.C2HF3O2/c1-28-13-18-8-19(11-25-18)26-12-21-17(10-24)6-16(7-20(21)22(26)27)15-4-2-3-14(5-15)9-23;3-2(4,5)1(6)7/h2-7,18-19,25H,8,11-13H2,1H3;(H,6,7)/t18-,19+;/m0./s1. The molecule has 2 aromatic carbocycles. The molecular formula is C24H21F3N4O4. The van der Waals surface area contributed by atoms with Gasteiger partial charge in [-0.25, -0.2) is 4.79 Å². The Morgan fingerprint density at radius 3 is 2.54 bits per heavy atom. The summed E-state index contributed by atoms with van der Waals surface area (Å²) in [5, 5.41) is 29.3. The second-order valence-corrected chi connectivity index (χ2v) is 8.04. The van der Waals surface area contributed by atoms with Gasteiger partial charge in [-0.1, -0.05) is 12.1 Å². The smallest absolute Gasteiger partial charge is 0.475 e. The molecule has 35 heavy (non-hydrogen) atoms. The largest absolute Gasteiger partial charge is 0.490 e. The number of rotatable bonds is 4. The van der Waals surface area contributed by atoms with Gasteiger partial charge in [-0.3, -0.25) is 4.79 Å². The van der Waals surface area contributed by atoms with E-state index in [4.69, 9.17) is 19.9 Å². The molecule has 2 aliphatic rings. The molecule has 0 aromatic heterocycles. The number of hydrogen-bond donors (Lipinski definition) is 2. The minimum Gasteiger partial charge on any atom is -0.475 e. The van der Waals surface area contributed by atoms with Crippen molar-refractivity contribution in [3.8, 4) is 23.3 Å². The lowest BCUT2D eigenvalue weighted by molar-refractivity contribution is -0.192. The Bertz CT molecular complexity index is 1220. The Kier molecular flexibility index (Phi) is 7.75. The van der Waals surface area contributed by atoms with E-state index >= 15 is 0 Å². The summed E-state index contributed by atoms with van der Waals surface area (Å²) in [6.07, 6.45) is -4.24. The van der Waals surface area contributed by atoms with Crippen molar-refractivity contribution in [3.05, 3.63) is 58.7 Å². The number of carboxylic acids is 1. The molecule has 4 rings (SSSR count). The summed E-state index contributed by atoms with van der Waals surface area (Å²) in [5.74, 6) is -2.79. The van der Waals surface area contributed by atoms with Crippen LogP contribution in [0.2, 0.25) is 0 Å². The molecule has 0 spiro atoms. The number of aliphatic carboxylic acids is 1. The van der Waals surface area contributed by atoms with E-state index in [0.717, 1.165) is 29.7 Å². The van der Waals surface area contributed by atoms with Crippen molar-refractivity contribution in [3.63, 3.8) is 0 Å². The fourth-order valence-electron chi connectivity index (χ4n) is 4.12. The second-order valence-electron chi connectivity index (χ2n) is 8.04. The van der Waals surface area contributed by atoms with Crippen LogP contribution < -0.4 is 5.32 Å². The molecule has 1 amide bonds. The van der Waals surface area contributed by atoms with Gasteiger partial charge in [-0.15, -0.1) is 0 Å². The lowest BCUT2D eigenvalue weighted by Gasteiger charge is -2.23. The number of carboxylic acid groups (broad SMARTS) is 1. The van der Waals surface area contributed by atoms with Gasteiger partial charge in [0.2, 0.25) is 0 Å². The van der Waals surface area contributed by atoms with E-state index in [-0.39, 0.29) is 18.0 Å². The van der Waals surface area contributed by atoms with Crippen molar-refractivity contribution in [2.45, 2.75) is 31.2 Å². The minimum atomic E-state index is -5.08. The van der Waals surface area contributed by atoms with Gasteiger partial charge in [0.1, 0.15) is 0 Å². The number of benzene rings is 2. The van der Waals surface area contributed by atoms with Crippen LogP contribution in [0, 0.1) is 22.7 Å². The number of carbonyl (C=O) groups excluding carboxylic acids is 1. The normalized spacial score (nSPS) is 18.8. The van der Waals surface area contributed by atoms with E-state index in [9.17, 15) is 23.2 Å². The Balaban J connectivity index is 0.000000429. The number of methoxy groups -OCH3 is 1. The molecule has 2 atom stereocenters. The Morgan fingerprint density at radius 2 is 1.94 bits per heavy atom. The van der Waals surface area contributed by atoms with Crippen LogP contribution in [0.3, 0.4) is 0 Å². The monoisotopic (exact) mass is 486 g/mol. The molecule has 2 aliphatic heterocycles. The molecule has 0 radical (unpaired) electrons. The summed E-state index contributed by atoms with van der Waals surface area (Å²) < 4.78 is 36.9. The van der Waals surface area contributed by atoms with Gasteiger partial charge < -0.3 is 20.1 Å². The van der Waals surface area contributed by atoms with Gasteiger partial charge in [0, 0.05) is 43.4 Å². The molecule has 182 valence electrons. The van der Waals surface area contributed by atoms with Gasteiger partial charge in [-0.05, 0) is 41.8 Å². The van der Waals surface area contributed by atoms with Crippen molar-refractivity contribution in [2.75, 3.05) is 20.3 Å². The van der Waals surface area contributed by atoms with Gasteiger partial charge in [0.25, 0.3) is 5.91 Å². The van der Waals surface area contributed by atoms with Crippen molar-refractivity contribution < 1.29 is 32.6 Å². The van der Waals surface area contributed by atoms with Crippen molar-refractivity contribution >= 4 is 11.9 Å². The zero-order valence-corrected chi connectivity index (χ0v) is 18.6. The quantitative estimate of drug-likeness (QED) is 0.680. The van der Waals surface area contributed by atoms with Gasteiger partial charge >= 0.3 is 12.1 Å². The first-order valence-electron chi connectivity index (χ1n) is 10.5. The van der Waals surface area contributed by atoms with E-state index in [1.165, 1.54) is 0 Å². The van der Waals surface area contributed by atoms with E-state index in [2.05, 4.69) is 17.5 Å². The molecule has 1 fully saturated rings. The fourth-order valence-corrected chi connectivity index (χ4v) is 4.12. The highest BCUT2D eigenvalue weighted by Crippen LogP contribution is 2.34. The van der Waals surface area contributed by atoms with Crippen LogP contribution in [0.4, 0.5) is 13.2 Å². The third-order valence-electron chi connectivity index (χ3n) is 5.76. The number of nitriles is 2. The number of halogens is 3. The zero-order chi connectivity index (χ0) is 25.8. The molecule has 2 N–H and O–H groups in total. The molecule has 2 heterocycles. The average Bonchev–Trinajstić information content (AvgIpc) is 3.43. The molecule has 0 saturated carbocycles. The number of alkyl halides is 3. The zero-order valence-electron chi connectivity index (χ0n) is 18.6. The maximum Gasteiger partial charge on any atom is 0.490 e. The highest BCUT2D eigenvalue weighted by Gasteiger charge is 2.39. The van der Waals surface area contributed by atoms with Crippen LogP contribution in [0.5, 0.6) is 0 Å². The predicted octanol–water partition coefficient (Wildman–Crippen LogP) is 3.06. The summed E-state index contributed by atoms with van der Waals surface area (Å²) in [6, 6.07) is 15.6. The highest BCUT2D eigenvalue weighted by molar-refractivity contribution is 6.00. The molecule has 2 aromatic rings. The molecule has 8 nitrogen and oxygen atoms in total. The van der Waals surface area contributed by atoms with Crippen molar-refractivity contribution in [1.29, 1.82) is 10.5 Å². The summed E-state index contributed by atoms with van der Waals surface area (Å²) in [5.41, 5.74) is 4.06. The summed E-state index contributed by atoms with van der Waals surface area (Å²) in [7, 11) is 1.67. The van der Waals surface area contributed by atoms with Gasteiger partial charge in [0.05, 0.1) is 29.9 Å². The first kappa shape index (κ1) is 25.7. The molecule has 11 heteroatoms. The lowest BCUT2D eigenvalue weighted by atomic mass is 9.95. The number of hydrogen-bond acceptors (Lipinski definition) is 6. The molecular weight excluding hydrogens is 465 g/mol. The van der Waals surface area contributed by atoms with Crippen molar-refractivity contribution in [2.24, 2.45) is 0 Å². The van der Waals surface area contributed by atoms with Crippen LogP contribution in [0.15, 0.2) is 36.4 Å². The molecule has 0 bridgehead atoms. The summed E-state index contributed by atoms with van der Waals surface area (Å²) in [6.45, 7) is 1.81. The van der Waals surface area contributed by atoms with Crippen LogP contribution in [0.1, 0.15) is 33.5 Å². The number of nitrogens with one attached hydrogen (secondary N) is 1. The van der Waals surface area contributed by atoms with Gasteiger partial charge in [0.15, 0.2) is 0 Å². The Labute approximate surface area is 199 Å².